The van der Waals surface area contributed by atoms with E-state index >= 15 is 0 Å². The number of fused-ring (bicyclic) bond motifs is 5. The molecule has 2 aliphatic rings. The van der Waals surface area contributed by atoms with Crippen molar-refractivity contribution in [3.05, 3.63) is 101 Å². The molecule has 1 unspecified atom stereocenters. The first-order chi connectivity index (χ1) is 17.0. The Kier molecular flexibility index (Phi) is 4.78. The minimum absolute atomic E-state index is 0.366. The van der Waals surface area contributed by atoms with Crippen molar-refractivity contribution >= 4 is 22.7 Å². The fraction of sp³-hybridized carbons (Fsp3) is 0.172. The van der Waals surface area contributed by atoms with E-state index in [4.69, 9.17) is 18.9 Å². The Morgan fingerprint density at radius 3 is 2.03 bits per heavy atom. The van der Waals surface area contributed by atoms with Gasteiger partial charge >= 0.3 is 11.9 Å². The molecule has 6 nitrogen and oxygen atoms in total. The number of carbonyl (C=O) groups is 2. The normalized spacial score (nSPS) is 17.4. The van der Waals surface area contributed by atoms with Crippen LogP contribution in [0.5, 0.6) is 17.2 Å². The van der Waals surface area contributed by atoms with Crippen LogP contribution in [0.4, 0.5) is 0 Å². The first-order valence-electron chi connectivity index (χ1n) is 11.3. The maximum Gasteiger partial charge on any atom is 0.344 e. The Morgan fingerprint density at radius 2 is 1.37 bits per heavy atom. The Balaban J connectivity index is 1.36. The van der Waals surface area contributed by atoms with Gasteiger partial charge in [-0.3, -0.25) is 0 Å². The zero-order valence-corrected chi connectivity index (χ0v) is 19.3. The summed E-state index contributed by atoms with van der Waals surface area (Å²) in [5, 5.41) is 1.25. The number of hydrogen-bond donors (Lipinski definition) is 0. The number of carbonyl (C=O) groups excluding carboxylic acids is 2. The molecule has 35 heavy (non-hydrogen) atoms. The molecule has 0 saturated heterocycles. The number of rotatable bonds is 3. The van der Waals surface area contributed by atoms with Crippen LogP contribution in [-0.2, 0) is 10.2 Å². The molecule has 0 bridgehead atoms. The highest BCUT2D eigenvalue weighted by Crippen LogP contribution is 2.51. The minimum atomic E-state index is -0.510. The summed E-state index contributed by atoms with van der Waals surface area (Å²) in [4.78, 5) is 25.4. The van der Waals surface area contributed by atoms with Gasteiger partial charge in [-0.25, -0.2) is 9.59 Å². The van der Waals surface area contributed by atoms with E-state index in [1.807, 2.05) is 24.3 Å². The van der Waals surface area contributed by atoms with Crippen molar-refractivity contribution in [2.45, 2.75) is 12.3 Å². The van der Waals surface area contributed by atoms with Crippen LogP contribution in [0.2, 0.25) is 0 Å². The standard InChI is InChI=1S/C29H22O6/c1-17-9-11-25-23(13-17)29(15-33-25)16-34-26-12-10-18(14-24(26)29)35-28(31)22-8-4-5-19-20(22)6-3-7-21(19)27(30)32-2/h3-14H,15-16H2,1-2H3. The highest BCUT2D eigenvalue weighted by Gasteiger charge is 2.49. The summed E-state index contributed by atoms with van der Waals surface area (Å²) in [6.07, 6.45) is 0. The molecule has 1 spiro atoms. The van der Waals surface area contributed by atoms with Crippen molar-refractivity contribution in [2.75, 3.05) is 20.3 Å². The quantitative estimate of drug-likeness (QED) is 0.304. The molecular weight excluding hydrogens is 444 g/mol. The first-order valence-corrected chi connectivity index (χ1v) is 11.3. The number of benzene rings is 4. The van der Waals surface area contributed by atoms with Crippen molar-refractivity contribution in [1.29, 1.82) is 0 Å². The molecule has 0 amide bonds. The van der Waals surface area contributed by atoms with Gasteiger partial charge in [0.2, 0.25) is 0 Å². The highest BCUT2D eigenvalue weighted by molar-refractivity contribution is 6.11. The molecule has 0 saturated carbocycles. The van der Waals surface area contributed by atoms with Gasteiger partial charge in [-0.05, 0) is 54.1 Å². The molecular formula is C29H22O6. The fourth-order valence-electron chi connectivity index (χ4n) is 5.05. The lowest BCUT2D eigenvalue weighted by Crippen LogP contribution is -2.31. The van der Waals surface area contributed by atoms with Crippen LogP contribution in [0.3, 0.4) is 0 Å². The van der Waals surface area contributed by atoms with Crippen LogP contribution < -0.4 is 14.2 Å². The summed E-state index contributed by atoms with van der Waals surface area (Å²) in [7, 11) is 1.33. The average molecular weight is 466 g/mol. The second-order valence-corrected chi connectivity index (χ2v) is 8.90. The van der Waals surface area contributed by atoms with Gasteiger partial charge in [0.15, 0.2) is 0 Å². The number of methoxy groups -OCH3 is 1. The van der Waals surface area contributed by atoms with Gasteiger partial charge in [0.25, 0.3) is 0 Å². The summed E-state index contributed by atoms with van der Waals surface area (Å²) in [6.45, 7) is 2.99. The summed E-state index contributed by atoms with van der Waals surface area (Å²) in [6, 6.07) is 22.0. The lowest BCUT2D eigenvalue weighted by Gasteiger charge is -2.21. The van der Waals surface area contributed by atoms with E-state index in [9.17, 15) is 9.59 Å². The van der Waals surface area contributed by atoms with Gasteiger partial charge in [-0.2, -0.15) is 0 Å². The minimum Gasteiger partial charge on any atom is -0.492 e. The molecule has 2 heterocycles. The predicted octanol–water partition coefficient (Wildman–Crippen LogP) is 5.22. The monoisotopic (exact) mass is 466 g/mol. The van der Waals surface area contributed by atoms with Crippen molar-refractivity contribution in [3.63, 3.8) is 0 Å². The molecule has 6 rings (SSSR count). The predicted molar refractivity (Wildman–Crippen MR) is 130 cm³/mol. The number of ether oxygens (including phenoxy) is 4. The number of esters is 2. The van der Waals surface area contributed by atoms with Gasteiger partial charge in [-0.15, -0.1) is 0 Å². The third-order valence-corrected chi connectivity index (χ3v) is 6.82. The molecule has 0 radical (unpaired) electrons. The SMILES string of the molecule is COC(=O)c1cccc2c(C(=O)Oc3ccc4c(c3)C3(COc5ccc(C)cc53)CO4)cccc12. The fourth-order valence-corrected chi connectivity index (χ4v) is 5.05. The van der Waals surface area contributed by atoms with Crippen LogP contribution in [0, 0.1) is 6.92 Å². The van der Waals surface area contributed by atoms with E-state index < -0.39 is 17.4 Å². The average Bonchev–Trinajstić information content (AvgIpc) is 3.43. The highest BCUT2D eigenvalue weighted by atomic mass is 16.5. The van der Waals surface area contributed by atoms with Gasteiger partial charge in [-0.1, -0.05) is 42.0 Å². The number of hydrogen-bond acceptors (Lipinski definition) is 6. The molecule has 0 N–H and O–H groups in total. The third-order valence-electron chi connectivity index (χ3n) is 6.82. The van der Waals surface area contributed by atoms with Crippen LogP contribution in [-0.4, -0.2) is 32.3 Å². The van der Waals surface area contributed by atoms with E-state index in [-0.39, 0.29) is 0 Å². The smallest absolute Gasteiger partial charge is 0.344 e. The molecule has 0 fully saturated rings. The topological polar surface area (TPSA) is 71.1 Å². The Labute approximate surface area is 202 Å². The van der Waals surface area contributed by atoms with Crippen molar-refractivity contribution < 1.29 is 28.5 Å². The van der Waals surface area contributed by atoms with E-state index in [0.29, 0.717) is 40.9 Å². The molecule has 1 atom stereocenters. The second kappa shape index (κ2) is 7.87. The lowest BCUT2D eigenvalue weighted by atomic mass is 9.77. The Morgan fingerprint density at radius 1 is 0.771 bits per heavy atom. The molecule has 4 aromatic carbocycles. The maximum absolute atomic E-state index is 13.2. The summed E-state index contributed by atoms with van der Waals surface area (Å²) in [5.74, 6) is 1.06. The molecule has 0 aliphatic carbocycles. The lowest BCUT2D eigenvalue weighted by molar-refractivity contribution is 0.0602. The van der Waals surface area contributed by atoms with Crippen LogP contribution >= 0.6 is 0 Å². The molecule has 6 heteroatoms. The van der Waals surface area contributed by atoms with Gasteiger partial charge in [0.05, 0.1) is 23.7 Å². The van der Waals surface area contributed by atoms with Crippen molar-refractivity contribution in [1.82, 2.24) is 0 Å². The first kappa shape index (κ1) is 21.2. The summed E-state index contributed by atoms with van der Waals surface area (Å²) < 4.78 is 22.7. The molecule has 2 aliphatic heterocycles. The summed E-state index contributed by atoms with van der Waals surface area (Å²) in [5.41, 5.74) is 3.50. The zero-order chi connectivity index (χ0) is 24.2. The Hall–Kier alpha value is -4.32. The Bertz CT molecular complexity index is 1520. The molecule has 174 valence electrons. The van der Waals surface area contributed by atoms with Crippen molar-refractivity contribution in [3.8, 4) is 17.2 Å². The second-order valence-electron chi connectivity index (χ2n) is 8.90. The van der Waals surface area contributed by atoms with E-state index in [0.717, 1.165) is 28.2 Å². The van der Waals surface area contributed by atoms with Crippen LogP contribution in [0.15, 0.2) is 72.8 Å². The number of aryl methyl sites for hydroxylation is 1. The van der Waals surface area contributed by atoms with E-state index in [2.05, 4.69) is 13.0 Å². The third kappa shape index (κ3) is 3.25. The molecule has 4 aromatic rings. The van der Waals surface area contributed by atoms with Crippen LogP contribution in [0.1, 0.15) is 37.4 Å². The van der Waals surface area contributed by atoms with Gasteiger partial charge in [0.1, 0.15) is 30.5 Å². The zero-order valence-electron chi connectivity index (χ0n) is 19.3. The van der Waals surface area contributed by atoms with Crippen LogP contribution in [0.25, 0.3) is 10.8 Å². The van der Waals surface area contributed by atoms with Gasteiger partial charge < -0.3 is 18.9 Å². The van der Waals surface area contributed by atoms with Crippen molar-refractivity contribution in [2.24, 2.45) is 0 Å². The molecule has 0 aromatic heterocycles. The largest absolute Gasteiger partial charge is 0.492 e. The van der Waals surface area contributed by atoms with E-state index in [1.165, 1.54) is 7.11 Å². The van der Waals surface area contributed by atoms with E-state index in [1.54, 1.807) is 42.5 Å². The van der Waals surface area contributed by atoms with Gasteiger partial charge in [0, 0.05) is 11.1 Å². The summed E-state index contributed by atoms with van der Waals surface area (Å²) >= 11 is 0. The maximum atomic E-state index is 13.2.